The van der Waals surface area contributed by atoms with E-state index in [0.717, 1.165) is 17.4 Å². The van der Waals surface area contributed by atoms with Crippen molar-refractivity contribution in [2.24, 2.45) is 0 Å². The van der Waals surface area contributed by atoms with Gasteiger partial charge in [-0.3, -0.25) is 9.97 Å². The second-order valence-corrected chi connectivity index (χ2v) is 7.26. The van der Waals surface area contributed by atoms with Gasteiger partial charge in [0, 0.05) is 29.1 Å². The molecule has 4 rings (SSSR count). The zero-order valence-electron chi connectivity index (χ0n) is 14.7. The van der Waals surface area contributed by atoms with E-state index in [0.29, 0.717) is 28.3 Å². The molecule has 1 atom stereocenters. The van der Waals surface area contributed by atoms with E-state index in [-0.39, 0.29) is 5.75 Å². The van der Waals surface area contributed by atoms with Crippen LogP contribution < -0.4 is 4.74 Å². The van der Waals surface area contributed by atoms with Crippen molar-refractivity contribution in [3.63, 3.8) is 0 Å². The van der Waals surface area contributed by atoms with E-state index in [1.165, 1.54) is 0 Å². The first-order valence-corrected chi connectivity index (χ1v) is 9.97. The minimum absolute atomic E-state index is 0.0215. The van der Waals surface area contributed by atoms with Crippen LogP contribution in [-0.2, 0) is 21.3 Å². The van der Waals surface area contributed by atoms with Gasteiger partial charge in [0.25, 0.3) is 0 Å². The minimum Gasteiger partial charge on any atom is -0.456 e. The Labute approximate surface area is 163 Å². The number of thiol groups is 1. The Balaban J connectivity index is 1.89. The summed E-state index contributed by atoms with van der Waals surface area (Å²) < 4.78 is 28.1. The van der Waals surface area contributed by atoms with Gasteiger partial charge in [0.05, 0.1) is 23.6 Å². The number of carbonyl (C=O) groups is 1. The molecule has 6 nitrogen and oxygen atoms in total. The predicted molar refractivity (Wildman–Crippen MR) is 105 cm³/mol. The molecule has 0 saturated carbocycles. The summed E-state index contributed by atoms with van der Waals surface area (Å²) in [5, 5.41) is 0. The van der Waals surface area contributed by atoms with Gasteiger partial charge in [-0.05, 0) is 11.6 Å². The van der Waals surface area contributed by atoms with Crippen molar-refractivity contribution in [3.8, 4) is 5.75 Å². The number of fused-ring (bicyclic) bond motifs is 1. The Morgan fingerprint density at radius 1 is 1.04 bits per heavy atom. The van der Waals surface area contributed by atoms with Crippen molar-refractivity contribution in [1.29, 1.82) is 0 Å². The highest BCUT2D eigenvalue weighted by molar-refractivity contribution is 7.71. The molecule has 0 aliphatic carbocycles. The smallest absolute Gasteiger partial charge is 0.144 e. The lowest BCUT2D eigenvalue weighted by atomic mass is 9.85. The molecule has 2 aromatic carbocycles. The van der Waals surface area contributed by atoms with Crippen LogP contribution >= 0.6 is 0 Å². The molecule has 0 radical (unpaired) electrons. The Morgan fingerprint density at radius 2 is 1.82 bits per heavy atom. The number of aromatic nitrogens is 2. The van der Waals surface area contributed by atoms with Gasteiger partial charge in [0.15, 0.2) is 0 Å². The first-order chi connectivity index (χ1) is 13.7. The third-order valence-corrected chi connectivity index (χ3v) is 5.15. The predicted octanol–water partition coefficient (Wildman–Crippen LogP) is 2.83. The largest absolute Gasteiger partial charge is 0.456 e. The zero-order chi connectivity index (χ0) is 19.5. The summed E-state index contributed by atoms with van der Waals surface area (Å²) in [6, 6.07) is 14.4. The number of hydrogen-bond acceptors (Lipinski definition) is 6. The van der Waals surface area contributed by atoms with Crippen molar-refractivity contribution in [1.82, 2.24) is 9.97 Å². The molecule has 28 heavy (non-hydrogen) atoms. The van der Waals surface area contributed by atoms with Gasteiger partial charge in [0.2, 0.25) is 0 Å². The summed E-state index contributed by atoms with van der Waals surface area (Å²) in [5.74, 6) is 0.544. The Kier molecular flexibility index (Phi) is 4.99. The third kappa shape index (κ3) is 3.44. The Hall–Kier alpha value is -3.32. The standard InChI is InChI=1S/C21H16N2O4S/c24-12-17-16-3-1-2-4-19(16)27-21(20(17)18-11-22-9-10-23-18)15-7-5-14(6-8-15)13-28(25)26/h1-12,17,28H,13H2. The van der Waals surface area contributed by atoms with E-state index < -0.39 is 16.6 Å². The van der Waals surface area contributed by atoms with Gasteiger partial charge in [0.1, 0.15) is 28.5 Å². The number of para-hydroxylation sites is 1. The van der Waals surface area contributed by atoms with Crippen LogP contribution in [0, 0.1) is 0 Å². The molecule has 1 aromatic heterocycles. The fourth-order valence-electron chi connectivity index (χ4n) is 3.27. The molecule has 3 aromatic rings. The summed E-state index contributed by atoms with van der Waals surface area (Å²) >= 11 is 0. The van der Waals surface area contributed by atoms with Crippen LogP contribution in [0.3, 0.4) is 0 Å². The highest BCUT2D eigenvalue weighted by Crippen LogP contribution is 2.45. The topological polar surface area (TPSA) is 86.2 Å². The van der Waals surface area contributed by atoms with Gasteiger partial charge in [-0.2, -0.15) is 0 Å². The summed E-state index contributed by atoms with van der Waals surface area (Å²) in [6.07, 6.45) is 5.60. The molecular formula is C21H16N2O4S. The SMILES string of the molecule is O=CC1C(c2cnccn2)=C(c2ccc(C[SH](=O)=O)cc2)Oc2ccccc21. The maximum absolute atomic E-state index is 12.1. The average molecular weight is 392 g/mol. The van der Waals surface area contributed by atoms with Gasteiger partial charge >= 0.3 is 0 Å². The van der Waals surface area contributed by atoms with E-state index in [1.807, 2.05) is 24.3 Å². The van der Waals surface area contributed by atoms with Crippen molar-refractivity contribution in [2.45, 2.75) is 11.7 Å². The summed E-state index contributed by atoms with van der Waals surface area (Å²) in [6.45, 7) is 0. The van der Waals surface area contributed by atoms with Crippen molar-refractivity contribution >= 4 is 28.3 Å². The van der Waals surface area contributed by atoms with Crippen molar-refractivity contribution in [3.05, 3.63) is 89.5 Å². The number of hydrogen-bond donors (Lipinski definition) is 1. The maximum atomic E-state index is 12.1. The highest BCUT2D eigenvalue weighted by Gasteiger charge is 2.32. The normalized spacial score (nSPS) is 15.8. The summed E-state index contributed by atoms with van der Waals surface area (Å²) in [7, 11) is -2.50. The van der Waals surface area contributed by atoms with Gasteiger partial charge < -0.3 is 9.53 Å². The Morgan fingerprint density at radius 3 is 2.50 bits per heavy atom. The number of allylic oxidation sites excluding steroid dienone is 1. The number of carbonyl (C=O) groups excluding carboxylic acids is 1. The van der Waals surface area contributed by atoms with E-state index in [1.54, 1.807) is 42.9 Å². The van der Waals surface area contributed by atoms with Gasteiger partial charge in [-0.15, -0.1) is 0 Å². The van der Waals surface area contributed by atoms with Crippen LogP contribution in [0.5, 0.6) is 5.75 Å². The summed E-state index contributed by atoms with van der Waals surface area (Å²) in [4.78, 5) is 20.5. The quantitative estimate of drug-likeness (QED) is 0.531. The molecule has 1 unspecified atom stereocenters. The molecule has 140 valence electrons. The molecule has 0 fully saturated rings. The lowest BCUT2D eigenvalue weighted by Gasteiger charge is -2.27. The zero-order valence-corrected chi connectivity index (χ0v) is 15.6. The molecule has 0 N–H and O–H groups in total. The lowest BCUT2D eigenvalue weighted by Crippen LogP contribution is -2.16. The molecule has 0 spiro atoms. The van der Waals surface area contributed by atoms with E-state index in [2.05, 4.69) is 9.97 Å². The second-order valence-electron chi connectivity index (χ2n) is 6.27. The summed E-state index contributed by atoms with van der Waals surface area (Å²) in [5.41, 5.74) is 3.36. The minimum atomic E-state index is -2.50. The second kappa shape index (κ2) is 7.74. The van der Waals surface area contributed by atoms with Crippen LogP contribution in [0.15, 0.2) is 67.1 Å². The first-order valence-electron chi connectivity index (χ1n) is 8.61. The fraction of sp³-hybridized carbons (Fsp3) is 0.0952. The Bertz CT molecular complexity index is 1110. The molecule has 0 saturated heterocycles. The molecule has 0 bridgehead atoms. The van der Waals surface area contributed by atoms with Crippen LogP contribution in [0.4, 0.5) is 0 Å². The molecule has 2 heterocycles. The molecular weight excluding hydrogens is 376 g/mol. The molecule has 1 aliphatic rings. The number of nitrogens with zero attached hydrogens (tertiary/aromatic N) is 2. The maximum Gasteiger partial charge on any atom is 0.144 e. The van der Waals surface area contributed by atoms with Gasteiger partial charge in [-0.25, -0.2) is 8.42 Å². The number of benzene rings is 2. The fourth-order valence-corrected chi connectivity index (χ4v) is 3.78. The van der Waals surface area contributed by atoms with E-state index in [4.69, 9.17) is 4.74 Å². The molecule has 1 aliphatic heterocycles. The van der Waals surface area contributed by atoms with Crippen molar-refractivity contribution < 1.29 is 17.9 Å². The number of ether oxygens (including phenoxy) is 1. The first kappa shape index (κ1) is 18.1. The van der Waals surface area contributed by atoms with E-state index >= 15 is 0 Å². The number of rotatable bonds is 5. The third-order valence-electron chi connectivity index (χ3n) is 4.52. The lowest BCUT2D eigenvalue weighted by molar-refractivity contribution is -0.108. The monoisotopic (exact) mass is 392 g/mol. The van der Waals surface area contributed by atoms with Gasteiger partial charge in [-0.1, -0.05) is 42.5 Å². The average Bonchev–Trinajstić information content (AvgIpc) is 2.73. The number of aldehydes is 1. The molecule has 7 heteroatoms. The molecule has 0 amide bonds. The van der Waals surface area contributed by atoms with Crippen LogP contribution in [0.25, 0.3) is 11.3 Å². The van der Waals surface area contributed by atoms with Crippen molar-refractivity contribution in [2.75, 3.05) is 0 Å². The van der Waals surface area contributed by atoms with Crippen LogP contribution in [0.2, 0.25) is 0 Å². The van der Waals surface area contributed by atoms with E-state index in [9.17, 15) is 13.2 Å². The van der Waals surface area contributed by atoms with Crippen LogP contribution in [-0.4, -0.2) is 24.7 Å². The highest BCUT2D eigenvalue weighted by atomic mass is 32.2. The van der Waals surface area contributed by atoms with Crippen LogP contribution in [0.1, 0.15) is 28.3 Å².